The van der Waals surface area contributed by atoms with Crippen LogP contribution < -0.4 is 10.1 Å². The summed E-state index contributed by atoms with van der Waals surface area (Å²) in [5.41, 5.74) is 3.80. The van der Waals surface area contributed by atoms with Crippen LogP contribution in [0.5, 0.6) is 5.75 Å². The Morgan fingerprint density at radius 1 is 1.03 bits per heavy atom. The van der Waals surface area contributed by atoms with Gasteiger partial charge in [0.2, 0.25) is 5.91 Å². The Balaban J connectivity index is 1.37. The molecule has 33 heavy (non-hydrogen) atoms. The summed E-state index contributed by atoms with van der Waals surface area (Å²) in [5.74, 6) is 1.30. The predicted octanol–water partition coefficient (Wildman–Crippen LogP) is 4.83. The van der Waals surface area contributed by atoms with Gasteiger partial charge in [0, 0.05) is 24.2 Å². The molecule has 3 aromatic rings. The second-order valence-electron chi connectivity index (χ2n) is 7.83. The molecule has 1 heterocycles. The van der Waals surface area contributed by atoms with E-state index in [0.717, 1.165) is 23.3 Å². The average Bonchev–Trinajstić information content (AvgIpc) is 3.23. The number of thioether (sulfide) groups is 1. The van der Waals surface area contributed by atoms with Crippen molar-refractivity contribution < 1.29 is 14.3 Å². The number of hydrogen-bond acceptors (Lipinski definition) is 4. The highest BCUT2D eigenvalue weighted by atomic mass is 32.2. The Morgan fingerprint density at radius 2 is 1.76 bits per heavy atom. The molecule has 0 bridgehead atoms. The van der Waals surface area contributed by atoms with E-state index >= 15 is 0 Å². The third kappa shape index (κ3) is 5.76. The first-order valence-electron chi connectivity index (χ1n) is 11.2. The van der Waals surface area contributed by atoms with E-state index in [2.05, 4.69) is 17.4 Å². The lowest BCUT2D eigenvalue weighted by molar-refractivity contribution is -0.128. The Morgan fingerprint density at radius 3 is 2.52 bits per heavy atom. The minimum atomic E-state index is -0.135. The van der Waals surface area contributed by atoms with Crippen LogP contribution in [0.1, 0.15) is 39.3 Å². The maximum atomic E-state index is 12.7. The molecule has 0 spiro atoms. The van der Waals surface area contributed by atoms with Gasteiger partial charge in [0.05, 0.1) is 12.4 Å². The van der Waals surface area contributed by atoms with Gasteiger partial charge < -0.3 is 15.0 Å². The van der Waals surface area contributed by atoms with Crippen molar-refractivity contribution in [2.45, 2.75) is 25.3 Å². The van der Waals surface area contributed by atoms with E-state index in [1.54, 1.807) is 11.8 Å². The number of ether oxygens (including phenoxy) is 1. The van der Waals surface area contributed by atoms with Gasteiger partial charge in [-0.3, -0.25) is 9.59 Å². The largest absolute Gasteiger partial charge is 0.494 e. The highest BCUT2D eigenvalue weighted by molar-refractivity contribution is 8.00. The third-order valence-electron chi connectivity index (χ3n) is 5.62. The molecule has 1 saturated heterocycles. The average molecular weight is 461 g/mol. The maximum Gasteiger partial charge on any atom is 0.251 e. The molecule has 1 atom stereocenters. The zero-order valence-electron chi connectivity index (χ0n) is 18.7. The topological polar surface area (TPSA) is 58.6 Å². The molecule has 2 amide bonds. The second kappa shape index (κ2) is 11.1. The maximum absolute atomic E-state index is 12.7. The lowest BCUT2D eigenvalue weighted by atomic mass is 10.1. The highest BCUT2D eigenvalue weighted by Gasteiger charge is 2.32. The van der Waals surface area contributed by atoms with Crippen LogP contribution in [0.25, 0.3) is 0 Å². The number of hydrogen-bond donors (Lipinski definition) is 1. The Hall–Kier alpha value is -3.25. The molecule has 0 aromatic heterocycles. The van der Waals surface area contributed by atoms with E-state index in [0.29, 0.717) is 31.0 Å². The highest BCUT2D eigenvalue weighted by Crippen LogP contribution is 2.38. The number of amides is 2. The number of benzene rings is 3. The smallest absolute Gasteiger partial charge is 0.251 e. The SMILES string of the molecule is CCOc1ccccc1CNC(=O)c1ccc(C2SCC(=O)N2CCc2ccccc2)cc1. The van der Waals surface area contributed by atoms with Crippen LogP contribution in [0.4, 0.5) is 0 Å². The van der Waals surface area contributed by atoms with Crippen molar-refractivity contribution in [1.29, 1.82) is 0 Å². The molecule has 0 radical (unpaired) electrons. The first-order chi connectivity index (χ1) is 16.2. The summed E-state index contributed by atoms with van der Waals surface area (Å²) in [6, 6.07) is 25.5. The lowest BCUT2D eigenvalue weighted by Gasteiger charge is -2.24. The molecule has 1 fully saturated rings. The van der Waals surface area contributed by atoms with Crippen molar-refractivity contribution in [2.75, 3.05) is 18.9 Å². The van der Waals surface area contributed by atoms with Crippen LogP contribution in [-0.4, -0.2) is 35.6 Å². The first kappa shape index (κ1) is 22.9. The van der Waals surface area contributed by atoms with Crippen molar-refractivity contribution in [1.82, 2.24) is 10.2 Å². The first-order valence-corrected chi connectivity index (χ1v) is 12.2. The van der Waals surface area contributed by atoms with E-state index < -0.39 is 0 Å². The minimum Gasteiger partial charge on any atom is -0.494 e. The molecule has 1 unspecified atom stereocenters. The molecular formula is C27H28N2O3S. The summed E-state index contributed by atoms with van der Waals surface area (Å²) in [5, 5.41) is 2.95. The van der Waals surface area contributed by atoms with E-state index in [1.807, 2.05) is 78.6 Å². The Kier molecular flexibility index (Phi) is 7.68. The molecule has 1 aliphatic rings. The number of carbonyl (C=O) groups excluding carboxylic acids is 2. The molecular weight excluding hydrogens is 432 g/mol. The summed E-state index contributed by atoms with van der Waals surface area (Å²) in [6.07, 6.45) is 0.827. The lowest BCUT2D eigenvalue weighted by Crippen LogP contribution is -2.30. The number of rotatable bonds is 9. The molecule has 5 nitrogen and oxygen atoms in total. The van der Waals surface area contributed by atoms with Gasteiger partial charge in [-0.1, -0.05) is 60.7 Å². The van der Waals surface area contributed by atoms with Crippen molar-refractivity contribution in [3.05, 3.63) is 101 Å². The van der Waals surface area contributed by atoms with E-state index in [9.17, 15) is 9.59 Å². The van der Waals surface area contributed by atoms with Crippen LogP contribution in [0.3, 0.4) is 0 Å². The monoisotopic (exact) mass is 460 g/mol. The van der Waals surface area contributed by atoms with Crippen molar-refractivity contribution in [3.8, 4) is 5.75 Å². The summed E-state index contributed by atoms with van der Waals surface area (Å²) >= 11 is 1.64. The summed E-state index contributed by atoms with van der Waals surface area (Å²) in [6.45, 7) is 3.60. The van der Waals surface area contributed by atoms with E-state index in [-0.39, 0.29) is 17.2 Å². The number of nitrogens with zero attached hydrogens (tertiary/aromatic N) is 1. The quantitative estimate of drug-likeness (QED) is 0.497. The van der Waals surface area contributed by atoms with Gasteiger partial charge in [0.1, 0.15) is 11.1 Å². The zero-order valence-corrected chi connectivity index (χ0v) is 19.5. The third-order valence-corrected chi connectivity index (χ3v) is 6.88. The number of para-hydroxylation sites is 1. The Bertz CT molecular complexity index is 1090. The molecule has 0 saturated carbocycles. The fourth-order valence-electron chi connectivity index (χ4n) is 3.89. The molecule has 1 aliphatic heterocycles. The van der Waals surface area contributed by atoms with Crippen molar-refractivity contribution >= 4 is 23.6 Å². The van der Waals surface area contributed by atoms with Gasteiger partial charge in [-0.15, -0.1) is 11.8 Å². The van der Waals surface area contributed by atoms with E-state index in [1.165, 1.54) is 5.56 Å². The second-order valence-corrected chi connectivity index (χ2v) is 8.90. The van der Waals surface area contributed by atoms with Crippen LogP contribution in [-0.2, 0) is 17.8 Å². The van der Waals surface area contributed by atoms with Crippen molar-refractivity contribution in [3.63, 3.8) is 0 Å². The number of nitrogens with one attached hydrogen (secondary N) is 1. The molecule has 3 aromatic carbocycles. The van der Waals surface area contributed by atoms with Gasteiger partial charge in [0.15, 0.2) is 0 Å². The molecule has 4 rings (SSSR count). The van der Waals surface area contributed by atoms with Gasteiger partial charge >= 0.3 is 0 Å². The van der Waals surface area contributed by atoms with Gasteiger partial charge in [-0.05, 0) is 42.7 Å². The van der Waals surface area contributed by atoms with E-state index in [4.69, 9.17) is 4.74 Å². The predicted molar refractivity (Wildman–Crippen MR) is 132 cm³/mol. The number of carbonyl (C=O) groups is 2. The molecule has 6 heteroatoms. The van der Waals surface area contributed by atoms with Crippen LogP contribution in [0, 0.1) is 0 Å². The fraction of sp³-hybridized carbons (Fsp3) is 0.259. The van der Waals surface area contributed by atoms with Gasteiger partial charge in [0.25, 0.3) is 5.91 Å². The Labute approximate surface area is 199 Å². The fourth-order valence-corrected chi connectivity index (χ4v) is 5.11. The zero-order chi connectivity index (χ0) is 23.0. The summed E-state index contributed by atoms with van der Waals surface area (Å²) < 4.78 is 5.63. The minimum absolute atomic E-state index is 0.0172. The van der Waals surface area contributed by atoms with Crippen LogP contribution >= 0.6 is 11.8 Å². The molecule has 1 N–H and O–H groups in total. The summed E-state index contributed by atoms with van der Waals surface area (Å²) in [4.78, 5) is 27.1. The van der Waals surface area contributed by atoms with Crippen LogP contribution in [0.2, 0.25) is 0 Å². The molecule has 0 aliphatic carbocycles. The van der Waals surface area contributed by atoms with Crippen LogP contribution in [0.15, 0.2) is 78.9 Å². The van der Waals surface area contributed by atoms with Gasteiger partial charge in [-0.25, -0.2) is 0 Å². The standard InChI is InChI=1S/C27H28N2O3S/c1-2-32-24-11-7-6-10-23(24)18-28-26(31)21-12-14-22(15-13-21)27-29(25(30)19-33-27)17-16-20-8-4-3-5-9-20/h3-15,27H,2,16-19H2,1H3,(H,28,31). The van der Waals surface area contributed by atoms with Gasteiger partial charge in [-0.2, -0.15) is 0 Å². The normalized spacial score (nSPS) is 15.5. The summed E-state index contributed by atoms with van der Waals surface area (Å²) in [7, 11) is 0. The van der Waals surface area contributed by atoms with Crippen molar-refractivity contribution in [2.24, 2.45) is 0 Å². The molecule has 170 valence electrons.